The molecule has 1 aromatic rings. The second kappa shape index (κ2) is 5.90. The molecule has 82 valence electrons. The molecule has 6 heteroatoms. The number of nitrogens with zero attached hydrogens (tertiary/aromatic N) is 2. The number of nitrogens with one attached hydrogen (secondary N) is 1. The van der Waals surface area contributed by atoms with E-state index in [0.29, 0.717) is 18.9 Å². The fourth-order valence-electron chi connectivity index (χ4n) is 1.03. The zero-order chi connectivity index (χ0) is 11.1. The monoisotopic (exact) mass is 212 g/mol. The van der Waals surface area contributed by atoms with Crippen molar-refractivity contribution < 1.29 is 9.18 Å². The zero-order valence-electron chi connectivity index (χ0n) is 8.24. The lowest BCUT2D eigenvalue weighted by Gasteiger charge is -2.02. The normalized spacial score (nSPS) is 9.93. The van der Waals surface area contributed by atoms with Gasteiger partial charge in [0, 0.05) is 13.0 Å². The van der Waals surface area contributed by atoms with Crippen molar-refractivity contribution in [3.8, 4) is 0 Å². The molecule has 1 rings (SSSR count). The molecule has 1 heterocycles. The molecule has 0 unspecified atom stereocenters. The number of aromatic nitrogens is 2. The average molecular weight is 212 g/mol. The molecule has 0 aliphatic rings. The molecule has 0 aromatic carbocycles. The minimum atomic E-state index is -0.464. The minimum Gasteiger partial charge on any atom is -0.370 e. The van der Waals surface area contributed by atoms with Gasteiger partial charge in [-0.1, -0.05) is 0 Å². The highest BCUT2D eigenvalue weighted by Crippen LogP contribution is 2.00. The molecule has 1 amide bonds. The SMILES string of the molecule is NC(=O)CCCCNc1ncc(F)cn1. The van der Waals surface area contributed by atoms with Crippen LogP contribution in [0.4, 0.5) is 10.3 Å². The van der Waals surface area contributed by atoms with Crippen molar-refractivity contribution in [1.82, 2.24) is 9.97 Å². The second-order valence-electron chi connectivity index (χ2n) is 3.08. The first kappa shape index (κ1) is 11.4. The van der Waals surface area contributed by atoms with Crippen LogP contribution in [0.1, 0.15) is 19.3 Å². The Morgan fingerprint density at radius 2 is 2.07 bits per heavy atom. The van der Waals surface area contributed by atoms with E-state index >= 15 is 0 Å². The number of unbranched alkanes of at least 4 members (excludes halogenated alkanes) is 1. The van der Waals surface area contributed by atoms with E-state index in [1.807, 2.05) is 0 Å². The third kappa shape index (κ3) is 4.90. The highest BCUT2D eigenvalue weighted by Gasteiger charge is 1.97. The van der Waals surface area contributed by atoms with Crippen molar-refractivity contribution in [3.05, 3.63) is 18.2 Å². The van der Waals surface area contributed by atoms with E-state index in [1.54, 1.807) is 0 Å². The summed E-state index contributed by atoms with van der Waals surface area (Å²) in [5.74, 6) is -0.377. The van der Waals surface area contributed by atoms with Crippen molar-refractivity contribution >= 4 is 11.9 Å². The van der Waals surface area contributed by atoms with Crippen molar-refractivity contribution in [1.29, 1.82) is 0 Å². The van der Waals surface area contributed by atoms with Crippen molar-refractivity contribution in [2.45, 2.75) is 19.3 Å². The van der Waals surface area contributed by atoms with Crippen molar-refractivity contribution in [3.63, 3.8) is 0 Å². The molecule has 1 aromatic heterocycles. The molecule has 0 saturated carbocycles. The summed E-state index contributed by atoms with van der Waals surface area (Å²) in [6.45, 7) is 0.638. The van der Waals surface area contributed by atoms with Gasteiger partial charge in [0.25, 0.3) is 0 Å². The Balaban J connectivity index is 2.15. The third-order valence-corrected chi connectivity index (χ3v) is 1.75. The standard InChI is InChI=1S/C9H13FN4O/c10-7-5-13-9(14-6-7)12-4-2-1-3-8(11)15/h5-6H,1-4H2,(H2,11,15)(H,12,13,14). The van der Waals surface area contributed by atoms with Gasteiger partial charge in [-0.25, -0.2) is 14.4 Å². The maximum Gasteiger partial charge on any atom is 0.222 e. The lowest BCUT2D eigenvalue weighted by Crippen LogP contribution is -2.11. The van der Waals surface area contributed by atoms with Crippen molar-refractivity contribution in [2.24, 2.45) is 5.73 Å². The number of hydrogen-bond acceptors (Lipinski definition) is 4. The number of amides is 1. The zero-order valence-corrected chi connectivity index (χ0v) is 8.24. The summed E-state index contributed by atoms with van der Waals surface area (Å²) in [5, 5.41) is 2.90. The summed E-state index contributed by atoms with van der Waals surface area (Å²) in [6, 6.07) is 0. The van der Waals surface area contributed by atoms with Crippen LogP contribution in [0.5, 0.6) is 0 Å². The third-order valence-electron chi connectivity index (χ3n) is 1.75. The van der Waals surface area contributed by atoms with E-state index in [-0.39, 0.29) is 5.91 Å². The molecule has 15 heavy (non-hydrogen) atoms. The largest absolute Gasteiger partial charge is 0.370 e. The molecule has 0 saturated heterocycles. The number of carbonyl (C=O) groups is 1. The highest BCUT2D eigenvalue weighted by molar-refractivity contribution is 5.73. The van der Waals surface area contributed by atoms with Gasteiger partial charge in [-0.2, -0.15) is 0 Å². The number of carbonyl (C=O) groups excluding carboxylic acids is 1. The van der Waals surface area contributed by atoms with Gasteiger partial charge in [-0.05, 0) is 12.8 Å². The van der Waals surface area contributed by atoms with Gasteiger partial charge in [0.15, 0.2) is 5.82 Å². The predicted octanol–water partition coefficient (Wildman–Crippen LogP) is 0.683. The van der Waals surface area contributed by atoms with Crippen LogP contribution in [0.3, 0.4) is 0 Å². The molecule has 0 atom stereocenters. The summed E-state index contributed by atoms with van der Waals surface area (Å²) < 4.78 is 12.4. The molecule has 0 bridgehead atoms. The van der Waals surface area contributed by atoms with E-state index in [4.69, 9.17) is 5.73 Å². The Kier molecular flexibility index (Phi) is 4.46. The summed E-state index contributed by atoms with van der Waals surface area (Å²) in [4.78, 5) is 17.8. The van der Waals surface area contributed by atoms with E-state index < -0.39 is 5.82 Å². The van der Waals surface area contributed by atoms with Gasteiger partial charge in [0.1, 0.15) is 0 Å². The van der Waals surface area contributed by atoms with Gasteiger partial charge in [-0.15, -0.1) is 0 Å². The molecule has 0 aliphatic carbocycles. The second-order valence-corrected chi connectivity index (χ2v) is 3.08. The average Bonchev–Trinajstić information content (AvgIpc) is 2.20. The quantitative estimate of drug-likeness (QED) is 0.679. The Labute approximate surface area is 86.9 Å². The molecule has 5 nitrogen and oxygen atoms in total. The summed E-state index contributed by atoms with van der Waals surface area (Å²) >= 11 is 0. The van der Waals surface area contributed by atoms with Crippen LogP contribution in [-0.4, -0.2) is 22.4 Å². The van der Waals surface area contributed by atoms with E-state index in [1.165, 1.54) is 0 Å². The summed E-state index contributed by atoms with van der Waals surface area (Å²) in [7, 11) is 0. The number of anilines is 1. The van der Waals surface area contributed by atoms with E-state index in [2.05, 4.69) is 15.3 Å². The van der Waals surface area contributed by atoms with Crippen LogP contribution >= 0.6 is 0 Å². The molecule has 0 aliphatic heterocycles. The lowest BCUT2D eigenvalue weighted by atomic mass is 10.2. The molecular weight excluding hydrogens is 199 g/mol. The van der Waals surface area contributed by atoms with Crippen LogP contribution in [0.25, 0.3) is 0 Å². The summed E-state index contributed by atoms with van der Waals surface area (Å²) in [5.41, 5.74) is 4.98. The molecule has 0 spiro atoms. The van der Waals surface area contributed by atoms with Crippen LogP contribution < -0.4 is 11.1 Å². The fraction of sp³-hybridized carbons (Fsp3) is 0.444. The molecular formula is C9H13FN4O. The van der Waals surface area contributed by atoms with Gasteiger partial charge in [0.2, 0.25) is 11.9 Å². The van der Waals surface area contributed by atoms with E-state index in [0.717, 1.165) is 25.2 Å². The molecule has 0 fully saturated rings. The Morgan fingerprint density at radius 1 is 1.40 bits per heavy atom. The van der Waals surface area contributed by atoms with Crippen molar-refractivity contribution in [2.75, 3.05) is 11.9 Å². The number of halogens is 1. The molecule has 0 radical (unpaired) electrons. The number of hydrogen-bond donors (Lipinski definition) is 2. The van der Waals surface area contributed by atoms with Gasteiger partial charge < -0.3 is 11.1 Å². The molecule has 3 N–H and O–H groups in total. The Morgan fingerprint density at radius 3 is 2.67 bits per heavy atom. The number of rotatable bonds is 6. The maximum atomic E-state index is 12.4. The summed E-state index contributed by atoms with van der Waals surface area (Å²) in [6.07, 6.45) is 4.09. The van der Waals surface area contributed by atoms with Crippen LogP contribution in [-0.2, 0) is 4.79 Å². The van der Waals surface area contributed by atoms with Gasteiger partial charge in [-0.3, -0.25) is 4.79 Å². The highest BCUT2D eigenvalue weighted by atomic mass is 19.1. The Bertz CT molecular complexity index is 314. The maximum absolute atomic E-state index is 12.4. The predicted molar refractivity (Wildman–Crippen MR) is 53.5 cm³/mol. The lowest BCUT2D eigenvalue weighted by molar-refractivity contribution is -0.118. The smallest absolute Gasteiger partial charge is 0.222 e. The van der Waals surface area contributed by atoms with Crippen LogP contribution in [0, 0.1) is 5.82 Å². The number of nitrogens with two attached hydrogens (primary N) is 1. The number of primary amides is 1. The van der Waals surface area contributed by atoms with Crippen LogP contribution in [0.2, 0.25) is 0 Å². The first-order valence-corrected chi connectivity index (χ1v) is 4.68. The fourth-order valence-corrected chi connectivity index (χ4v) is 1.03. The van der Waals surface area contributed by atoms with E-state index in [9.17, 15) is 9.18 Å². The van der Waals surface area contributed by atoms with Gasteiger partial charge >= 0.3 is 0 Å². The topological polar surface area (TPSA) is 80.9 Å². The van der Waals surface area contributed by atoms with Gasteiger partial charge in [0.05, 0.1) is 12.4 Å². The first-order chi connectivity index (χ1) is 7.18. The first-order valence-electron chi connectivity index (χ1n) is 4.68. The van der Waals surface area contributed by atoms with Crippen LogP contribution in [0.15, 0.2) is 12.4 Å². The Hall–Kier alpha value is -1.72. The minimum absolute atomic E-state index is 0.298.